The van der Waals surface area contributed by atoms with Crippen LogP contribution in [-0.2, 0) is 9.53 Å². The number of amides is 1. The van der Waals surface area contributed by atoms with Gasteiger partial charge in [0.2, 0.25) is 10.7 Å². The van der Waals surface area contributed by atoms with Crippen molar-refractivity contribution >= 4 is 29.7 Å². The van der Waals surface area contributed by atoms with E-state index in [2.05, 4.69) is 10.4 Å². The van der Waals surface area contributed by atoms with Crippen LogP contribution in [0, 0.1) is 4.77 Å². The minimum absolute atomic E-state index is 0.0792. The Morgan fingerprint density at radius 3 is 2.57 bits per heavy atom. The monoisotopic (exact) mass is 456 g/mol. The summed E-state index contributed by atoms with van der Waals surface area (Å²) in [4.78, 5) is 11.7. The summed E-state index contributed by atoms with van der Waals surface area (Å²) in [6, 6.07) is 6.06. The summed E-state index contributed by atoms with van der Waals surface area (Å²) >= 11 is 12.0. The zero-order chi connectivity index (χ0) is 22.2. The number of carbonyl (C=O) groups is 1. The number of aliphatic hydroxyl groups is 3. The van der Waals surface area contributed by atoms with E-state index in [1.807, 2.05) is 26.0 Å². The molecule has 164 valence electrons. The van der Waals surface area contributed by atoms with Crippen molar-refractivity contribution in [3.05, 3.63) is 34.1 Å². The molecule has 30 heavy (non-hydrogen) atoms. The minimum atomic E-state index is -1.40. The van der Waals surface area contributed by atoms with E-state index in [-0.39, 0.29) is 10.8 Å². The number of aromatic nitrogens is 3. The molecule has 1 aromatic carbocycles. The van der Waals surface area contributed by atoms with Gasteiger partial charge in [0, 0.05) is 18.5 Å². The van der Waals surface area contributed by atoms with E-state index in [9.17, 15) is 20.1 Å². The van der Waals surface area contributed by atoms with Crippen molar-refractivity contribution < 1.29 is 24.9 Å². The Hall–Kier alpha value is -1.82. The van der Waals surface area contributed by atoms with E-state index in [4.69, 9.17) is 28.6 Å². The quantitative estimate of drug-likeness (QED) is 0.502. The maximum atomic E-state index is 11.7. The van der Waals surface area contributed by atoms with E-state index in [1.54, 1.807) is 16.7 Å². The summed E-state index contributed by atoms with van der Waals surface area (Å²) < 4.78 is 9.26. The number of aliphatic hydroxyl groups excluding tert-OH is 3. The fourth-order valence-corrected chi connectivity index (χ4v) is 4.21. The molecule has 5 atom stereocenters. The molecule has 1 aliphatic rings. The molecule has 11 heteroatoms. The Morgan fingerprint density at radius 1 is 1.33 bits per heavy atom. The number of ether oxygens (including phenoxy) is 1. The lowest BCUT2D eigenvalue weighted by Gasteiger charge is -2.42. The molecule has 0 bridgehead atoms. The largest absolute Gasteiger partial charge is 0.394 e. The van der Waals surface area contributed by atoms with Gasteiger partial charge in [0.1, 0.15) is 24.4 Å². The second kappa shape index (κ2) is 9.13. The van der Waals surface area contributed by atoms with Gasteiger partial charge >= 0.3 is 0 Å². The molecule has 1 fully saturated rings. The first kappa shape index (κ1) is 22.9. The summed E-state index contributed by atoms with van der Waals surface area (Å²) in [5.74, 6) is 0.0652. The van der Waals surface area contributed by atoms with Crippen LogP contribution in [0.15, 0.2) is 24.3 Å². The van der Waals surface area contributed by atoms with Gasteiger partial charge in [0.05, 0.1) is 11.6 Å². The number of rotatable bonds is 5. The highest BCUT2D eigenvalue weighted by atomic mass is 35.5. The van der Waals surface area contributed by atoms with Gasteiger partial charge < -0.3 is 25.4 Å². The maximum absolute atomic E-state index is 11.7. The summed E-state index contributed by atoms with van der Waals surface area (Å²) in [5, 5.41) is 38.1. The third-order valence-corrected chi connectivity index (χ3v) is 5.69. The standard InChI is InChI=1S/C19H25ClN4O5S/c1-9(2)23-17(11-6-4-5-7-12(11)20)22-24(19(23)30)18-14(21-10(3)26)16(28)15(27)13(8-25)29-18/h4-7,9,13-16,18,25,27-28H,8H2,1-3H3,(H,21,26)/t13-,14-,15-,16-,18-/m1/s1. The van der Waals surface area contributed by atoms with Gasteiger partial charge in [-0.1, -0.05) is 23.7 Å². The number of nitrogens with one attached hydrogen (secondary N) is 1. The smallest absolute Gasteiger partial charge is 0.217 e. The third-order valence-electron chi connectivity index (χ3n) is 4.97. The molecule has 0 spiro atoms. The number of benzene rings is 1. The van der Waals surface area contributed by atoms with E-state index in [0.29, 0.717) is 16.4 Å². The predicted molar refractivity (Wildman–Crippen MR) is 112 cm³/mol. The molecular formula is C19H25ClN4O5S. The van der Waals surface area contributed by atoms with Crippen LogP contribution in [0.3, 0.4) is 0 Å². The highest BCUT2D eigenvalue weighted by Crippen LogP contribution is 2.33. The summed E-state index contributed by atoms with van der Waals surface area (Å²) in [7, 11) is 0. The molecule has 1 amide bonds. The van der Waals surface area contributed by atoms with E-state index < -0.39 is 43.1 Å². The summed E-state index contributed by atoms with van der Waals surface area (Å²) in [6.45, 7) is 4.63. The van der Waals surface area contributed by atoms with Crippen LogP contribution in [-0.4, -0.2) is 66.5 Å². The molecule has 1 saturated heterocycles. The Morgan fingerprint density at radius 2 is 2.00 bits per heavy atom. The van der Waals surface area contributed by atoms with E-state index in [0.717, 1.165) is 0 Å². The Kier molecular flexibility index (Phi) is 6.95. The third kappa shape index (κ3) is 4.16. The Balaban J connectivity index is 2.17. The number of nitrogens with zero attached hydrogens (tertiary/aromatic N) is 3. The number of carbonyl (C=O) groups excluding carboxylic acids is 1. The average molecular weight is 457 g/mol. The Bertz CT molecular complexity index is 978. The molecule has 0 aliphatic carbocycles. The molecule has 0 unspecified atom stereocenters. The van der Waals surface area contributed by atoms with E-state index in [1.165, 1.54) is 11.6 Å². The van der Waals surface area contributed by atoms with Crippen LogP contribution in [0.4, 0.5) is 0 Å². The van der Waals surface area contributed by atoms with Crippen LogP contribution in [0.2, 0.25) is 5.02 Å². The maximum Gasteiger partial charge on any atom is 0.217 e. The molecule has 2 aromatic rings. The van der Waals surface area contributed by atoms with Crippen molar-refractivity contribution in [3.8, 4) is 11.4 Å². The lowest BCUT2D eigenvalue weighted by Crippen LogP contribution is -2.62. The molecule has 1 aliphatic heterocycles. The molecule has 2 heterocycles. The lowest BCUT2D eigenvalue weighted by molar-refractivity contribution is -0.219. The van der Waals surface area contributed by atoms with Gasteiger partial charge in [0.25, 0.3) is 0 Å². The normalized spacial score (nSPS) is 26.7. The van der Waals surface area contributed by atoms with Crippen molar-refractivity contribution in [3.63, 3.8) is 0 Å². The Labute approximate surface area is 183 Å². The van der Waals surface area contributed by atoms with Crippen molar-refractivity contribution in [1.29, 1.82) is 0 Å². The van der Waals surface area contributed by atoms with Crippen molar-refractivity contribution in [2.24, 2.45) is 0 Å². The SMILES string of the molecule is CC(=O)N[C@@H]1[C@@H](O)[C@H](O)[C@@H](CO)O[C@H]1n1nc(-c2ccccc2Cl)n(C(C)C)c1=S. The highest BCUT2D eigenvalue weighted by Gasteiger charge is 2.46. The van der Waals surface area contributed by atoms with Crippen LogP contribution < -0.4 is 5.32 Å². The lowest BCUT2D eigenvalue weighted by atomic mass is 9.96. The second-order valence-electron chi connectivity index (χ2n) is 7.45. The highest BCUT2D eigenvalue weighted by molar-refractivity contribution is 7.71. The molecule has 4 N–H and O–H groups in total. The number of hydrogen-bond donors (Lipinski definition) is 4. The topological polar surface area (TPSA) is 122 Å². The molecular weight excluding hydrogens is 432 g/mol. The summed E-state index contributed by atoms with van der Waals surface area (Å²) in [5.41, 5.74) is 0.656. The van der Waals surface area contributed by atoms with Gasteiger partial charge in [-0.3, -0.25) is 9.36 Å². The van der Waals surface area contributed by atoms with Crippen molar-refractivity contribution in [2.75, 3.05) is 6.61 Å². The number of hydrogen-bond acceptors (Lipinski definition) is 7. The zero-order valence-electron chi connectivity index (χ0n) is 16.8. The first-order valence-electron chi connectivity index (χ1n) is 9.52. The van der Waals surface area contributed by atoms with Crippen LogP contribution in [0.5, 0.6) is 0 Å². The summed E-state index contributed by atoms with van der Waals surface area (Å²) in [6.07, 6.45) is -4.93. The second-order valence-corrected chi connectivity index (χ2v) is 8.22. The zero-order valence-corrected chi connectivity index (χ0v) is 18.3. The molecule has 0 saturated carbocycles. The van der Waals surface area contributed by atoms with Gasteiger partial charge in [-0.2, -0.15) is 0 Å². The van der Waals surface area contributed by atoms with Gasteiger partial charge in [-0.25, -0.2) is 4.68 Å². The van der Waals surface area contributed by atoms with Gasteiger partial charge in [-0.15, -0.1) is 5.10 Å². The molecule has 0 radical (unpaired) electrons. The first-order valence-corrected chi connectivity index (χ1v) is 10.3. The van der Waals surface area contributed by atoms with Gasteiger partial charge in [0.15, 0.2) is 12.1 Å². The van der Waals surface area contributed by atoms with Crippen molar-refractivity contribution in [2.45, 2.75) is 57.4 Å². The van der Waals surface area contributed by atoms with Crippen LogP contribution in [0.1, 0.15) is 33.0 Å². The minimum Gasteiger partial charge on any atom is -0.394 e. The van der Waals surface area contributed by atoms with Gasteiger partial charge in [-0.05, 0) is 38.2 Å². The fourth-order valence-electron chi connectivity index (χ4n) is 3.55. The molecule has 3 rings (SSSR count). The number of halogens is 1. The van der Waals surface area contributed by atoms with Crippen LogP contribution in [0.25, 0.3) is 11.4 Å². The average Bonchev–Trinajstić information content (AvgIpc) is 3.03. The van der Waals surface area contributed by atoms with Crippen LogP contribution >= 0.6 is 23.8 Å². The first-order chi connectivity index (χ1) is 14.2. The molecule has 1 aromatic heterocycles. The fraction of sp³-hybridized carbons (Fsp3) is 0.526. The predicted octanol–water partition coefficient (Wildman–Crippen LogP) is 1.43. The van der Waals surface area contributed by atoms with Crippen molar-refractivity contribution in [1.82, 2.24) is 19.7 Å². The molecule has 9 nitrogen and oxygen atoms in total. The van der Waals surface area contributed by atoms with E-state index >= 15 is 0 Å².